The molecule has 0 saturated heterocycles. The van der Waals surface area contributed by atoms with Gasteiger partial charge in [0.2, 0.25) is 0 Å². The smallest absolute Gasteiger partial charge is 0.254 e. The molecule has 18 heavy (non-hydrogen) atoms. The van der Waals surface area contributed by atoms with E-state index in [0.717, 1.165) is 25.9 Å². The Morgan fingerprint density at radius 2 is 2.39 bits per heavy atom. The van der Waals surface area contributed by atoms with Gasteiger partial charge in [0.05, 0.1) is 10.6 Å². The highest BCUT2D eigenvalue weighted by atomic mass is 35.5. The summed E-state index contributed by atoms with van der Waals surface area (Å²) >= 11 is 5.95. The van der Waals surface area contributed by atoms with Crippen molar-refractivity contribution in [3.8, 4) is 0 Å². The molecule has 0 unspecified atom stereocenters. The lowest BCUT2D eigenvalue weighted by Gasteiger charge is -2.15. The maximum absolute atomic E-state index is 11.9. The molecule has 1 fully saturated rings. The molecular weight excluding hydrogens is 252 g/mol. The van der Waals surface area contributed by atoms with Crippen molar-refractivity contribution in [1.29, 1.82) is 0 Å². The van der Waals surface area contributed by atoms with E-state index in [-0.39, 0.29) is 11.3 Å². The second-order valence-corrected chi connectivity index (χ2v) is 5.19. The molecule has 1 aliphatic rings. The molecule has 2 rings (SSSR count). The van der Waals surface area contributed by atoms with E-state index in [1.807, 2.05) is 0 Å². The van der Waals surface area contributed by atoms with Crippen LogP contribution in [0, 0.1) is 5.41 Å². The van der Waals surface area contributed by atoms with Gasteiger partial charge in [-0.1, -0.05) is 11.6 Å². The van der Waals surface area contributed by atoms with Crippen LogP contribution in [0.15, 0.2) is 18.5 Å². The number of carbonyl (C=O) groups is 1. The van der Waals surface area contributed by atoms with Crippen LogP contribution in [0.3, 0.4) is 0 Å². The number of carbonyl (C=O) groups excluding carboxylic acids is 1. The Morgan fingerprint density at radius 1 is 1.61 bits per heavy atom. The van der Waals surface area contributed by atoms with Crippen LogP contribution in [0.25, 0.3) is 0 Å². The minimum atomic E-state index is -0.156. The van der Waals surface area contributed by atoms with E-state index in [1.54, 1.807) is 19.4 Å². The monoisotopic (exact) mass is 268 g/mol. The van der Waals surface area contributed by atoms with Gasteiger partial charge < -0.3 is 10.1 Å². The van der Waals surface area contributed by atoms with Crippen LogP contribution in [0.2, 0.25) is 5.02 Å². The van der Waals surface area contributed by atoms with E-state index in [4.69, 9.17) is 16.3 Å². The van der Waals surface area contributed by atoms with E-state index in [0.29, 0.717) is 17.1 Å². The van der Waals surface area contributed by atoms with Crippen molar-refractivity contribution in [2.24, 2.45) is 5.41 Å². The predicted octanol–water partition coefficient (Wildman–Crippen LogP) is 2.28. The standard InChI is InChI=1S/C13H17ClN2O2/c1-18-7-5-13(3-4-13)9-16-12(17)10-8-15-6-2-11(10)14/h2,6,8H,3-5,7,9H2,1H3,(H,16,17). The molecule has 0 radical (unpaired) electrons. The number of nitrogens with zero attached hydrogens (tertiary/aromatic N) is 1. The number of aromatic nitrogens is 1. The molecule has 1 amide bonds. The molecule has 0 atom stereocenters. The number of amides is 1. The average molecular weight is 269 g/mol. The fourth-order valence-corrected chi connectivity index (χ4v) is 2.11. The molecule has 1 heterocycles. The highest BCUT2D eigenvalue weighted by Crippen LogP contribution is 2.48. The van der Waals surface area contributed by atoms with Gasteiger partial charge in [-0.05, 0) is 30.7 Å². The molecule has 1 N–H and O–H groups in total. The minimum Gasteiger partial charge on any atom is -0.385 e. The molecule has 98 valence electrons. The first-order chi connectivity index (χ1) is 8.67. The molecule has 1 aromatic heterocycles. The lowest BCUT2D eigenvalue weighted by Crippen LogP contribution is -2.31. The predicted molar refractivity (Wildman–Crippen MR) is 69.7 cm³/mol. The van der Waals surface area contributed by atoms with Crippen molar-refractivity contribution in [3.63, 3.8) is 0 Å². The van der Waals surface area contributed by atoms with Crippen molar-refractivity contribution in [2.75, 3.05) is 20.3 Å². The zero-order valence-electron chi connectivity index (χ0n) is 10.4. The Labute approximate surface area is 112 Å². The number of ether oxygens (including phenoxy) is 1. The van der Waals surface area contributed by atoms with Gasteiger partial charge in [-0.2, -0.15) is 0 Å². The number of rotatable bonds is 6. The number of pyridine rings is 1. The van der Waals surface area contributed by atoms with Gasteiger partial charge in [-0.15, -0.1) is 0 Å². The van der Waals surface area contributed by atoms with Gasteiger partial charge in [0, 0.05) is 32.7 Å². The van der Waals surface area contributed by atoms with Crippen LogP contribution < -0.4 is 5.32 Å². The minimum absolute atomic E-state index is 0.156. The first-order valence-electron chi connectivity index (χ1n) is 6.03. The highest BCUT2D eigenvalue weighted by Gasteiger charge is 2.42. The third-order valence-electron chi connectivity index (χ3n) is 3.43. The van der Waals surface area contributed by atoms with E-state index in [2.05, 4.69) is 10.3 Å². The highest BCUT2D eigenvalue weighted by molar-refractivity contribution is 6.33. The van der Waals surface area contributed by atoms with Crippen molar-refractivity contribution >= 4 is 17.5 Å². The summed E-state index contributed by atoms with van der Waals surface area (Å²) in [4.78, 5) is 15.9. The number of hydrogen-bond acceptors (Lipinski definition) is 3. The molecule has 5 heteroatoms. The van der Waals surface area contributed by atoms with Crippen LogP contribution in [0.4, 0.5) is 0 Å². The normalized spacial score (nSPS) is 16.3. The van der Waals surface area contributed by atoms with E-state index < -0.39 is 0 Å². The Morgan fingerprint density at radius 3 is 3.00 bits per heavy atom. The fourth-order valence-electron chi connectivity index (χ4n) is 1.92. The van der Waals surface area contributed by atoms with E-state index in [9.17, 15) is 4.79 Å². The van der Waals surface area contributed by atoms with Gasteiger partial charge in [0.15, 0.2) is 0 Å². The van der Waals surface area contributed by atoms with Crippen LogP contribution in [0.5, 0.6) is 0 Å². The van der Waals surface area contributed by atoms with Gasteiger partial charge in [-0.25, -0.2) is 0 Å². The second kappa shape index (κ2) is 5.67. The van der Waals surface area contributed by atoms with Crippen LogP contribution in [-0.4, -0.2) is 31.2 Å². The Hall–Kier alpha value is -1.13. The second-order valence-electron chi connectivity index (χ2n) is 4.78. The summed E-state index contributed by atoms with van der Waals surface area (Å²) in [6, 6.07) is 1.62. The maximum atomic E-state index is 11.9. The van der Waals surface area contributed by atoms with Crippen molar-refractivity contribution in [3.05, 3.63) is 29.0 Å². The zero-order valence-corrected chi connectivity index (χ0v) is 11.2. The SMILES string of the molecule is COCCC1(CNC(=O)c2cnccc2Cl)CC1. The Bertz CT molecular complexity index is 433. The topological polar surface area (TPSA) is 51.2 Å². The molecule has 0 aliphatic heterocycles. The molecule has 1 aromatic rings. The van der Waals surface area contributed by atoms with Gasteiger partial charge >= 0.3 is 0 Å². The third-order valence-corrected chi connectivity index (χ3v) is 3.76. The maximum Gasteiger partial charge on any atom is 0.254 e. The fraction of sp³-hybridized carbons (Fsp3) is 0.538. The summed E-state index contributed by atoms with van der Waals surface area (Å²) < 4.78 is 5.08. The zero-order chi connectivity index (χ0) is 13.0. The number of methoxy groups -OCH3 is 1. The Balaban J connectivity index is 1.87. The summed E-state index contributed by atoms with van der Waals surface area (Å²) in [5.74, 6) is -0.156. The van der Waals surface area contributed by atoms with Crippen molar-refractivity contribution in [2.45, 2.75) is 19.3 Å². The van der Waals surface area contributed by atoms with Crippen molar-refractivity contribution < 1.29 is 9.53 Å². The molecule has 4 nitrogen and oxygen atoms in total. The summed E-state index contributed by atoms with van der Waals surface area (Å²) in [7, 11) is 1.70. The molecular formula is C13H17ClN2O2. The number of nitrogens with one attached hydrogen (secondary N) is 1. The summed E-state index contributed by atoms with van der Waals surface area (Å²) in [5, 5.41) is 3.37. The third kappa shape index (κ3) is 3.21. The van der Waals surface area contributed by atoms with Crippen LogP contribution in [-0.2, 0) is 4.74 Å². The molecule has 1 saturated carbocycles. The first-order valence-corrected chi connectivity index (χ1v) is 6.41. The quantitative estimate of drug-likeness (QED) is 0.861. The van der Waals surface area contributed by atoms with Crippen molar-refractivity contribution in [1.82, 2.24) is 10.3 Å². The number of halogens is 1. The molecule has 0 aromatic carbocycles. The lowest BCUT2D eigenvalue weighted by atomic mass is 10.0. The number of hydrogen-bond donors (Lipinski definition) is 1. The lowest BCUT2D eigenvalue weighted by molar-refractivity contribution is 0.0937. The average Bonchev–Trinajstić information content (AvgIpc) is 3.15. The summed E-state index contributed by atoms with van der Waals surface area (Å²) in [5.41, 5.74) is 0.669. The van der Waals surface area contributed by atoms with E-state index in [1.165, 1.54) is 6.20 Å². The molecule has 0 bridgehead atoms. The summed E-state index contributed by atoms with van der Waals surface area (Å²) in [6.07, 6.45) is 6.35. The largest absolute Gasteiger partial charge is 0.385 e. The van der Waals surface area contributed by atoms with Gasteiger partial charge in [0.25, 0.3) is 5.91 Å². The molecule has 1 aliphatic carbocycles. The summed E-state index contributed by atoms with van der Waals surface area (Å²) in [6.45, 7) is 1.42. The van der Waals surface area contributed by atoms with E-state index >= 15 is 0 Å². The van der Waals surface area contributed by atoms with Gasteiger partial charge in [-0.3, -0.25) is 9.78 Å². The Kier molecular flexibility index (Phi) is 4.19. The van der Waals surface area contributed by atoms with Crippen LogP contribution >= 0.6 is 11.6 Å². The van der Waals surface area contributed by atoms with Crippen LogP contribution in [0.1, 0.15) is 29.6 Å². The first kappa shape index (κ1) is 13.3. The molecule has 0 spiro atoms. The van der Waals surface area contributed by atoms with Gasteiger partial charge in [0.1, 0.15) is 0 Å².